The summed E-state index contributed by atoms with van der Waals surface area (Å²) in [5.41, 5.74) is 5.78. The molecule has 58 valence electrons. The Hall–Kier alpha value is -0.120. The molecule has 2 fully saturated rings. The van der Waals surface area contributed by atoms with Crippen molar-refractivity contribution in [1.29, 1.82) is 0 Å². The first-order valence-electron chi connectivity index (χ1n) is 4.06. The Morgan fingerprint density at radius 2 is 2.20 bits per heavy atom. The van der Waals surface area contributed by atoms with Crippen LogP contribution in [0.25, 0.3) is 0 Å². The van der Waals surface area contributed by atoms with Gasteiger partial charge in [0.05, 0.1) is 0 Å². The lowest BCUT2D eigenvalue weighted by Gasteiger charge is -2.35. The molecule has 0 aliphatic carbocycles. The zero-order chi connectivity index (χ0) is 6.97. The van der Waals surface area contributed by atoms with Gasteiger partial charge in [-0.15, -0.1) is 0 Å². The van der Waals surface area contributed by atoms with Crippen molar-refractivity contribution in [3.8, 4) is 0 Å². The minimum atomic E-state index is 0.445. The molecule has 3 N–H and O–H groups in total. The number of rotatable bonds is 1. The van der Waals surface area contributed by atoms with E-state index in [0.717, 1.165) is 12.6 Å². The number of nitrogens with zero attached hydrogens (tertiary/aromatic N) is 1. The second kappa shape index (κ2) is 2.49. The SMILES string of the molecule is N[C@H]1CCN(C2CNC2)C1. The van der Waals surface area contributed by atoms with Crippen LogP contribution >= 0.6 is 0 Å². The zero-order valence-corrected chi connectivity index (χ0v) is 6.21. The highest BCUT2D eigenvalue weighted by Gasteiger charge is 2.29. The Morgan fingerprint density at radius 3 is 2.60 bits per heavy atom. The fourth-order valence-electron chi connectivity index (χ4n) is 1.68. The van der Waals surface area contributed by atoms with E-state index >= 15 is 0 Å². The van der Waals surface area contributed by atoms with Crippen molar-refractivity contribution in [3.63, 3.8) is 0 Å². The quantitative estimate of drug-likeness (QED) is 0.492. The highest BCUT2D eigenvalue weighted by atomic mass is 15.3. The van der Waals surface area contributed by atoms with E-state index in [1.165, 1.54) is 26.1 Å². The van der Waals surface area contributed by atoms with Crippen LogP contribution in [0.5, 0.6) is 0 Å². The largest absolute Gasteiger partial charge is 0.326 e. The van der Waals surface area contributed by atoms with Gasteiger partial charge >= 0.3 is 0 Å². The number of likely N-dealkylation sites (tertiary alicyclic amines) is 1. The molecule has 3 nitrogen and oxygen atoms in total. The summed E-state index contributed by atoms with van der Waals surface area (Å²) < 4.78 is 0. The topological polar surface area (TPSA) is 41.3 Å². The number of nitrogens with two attached hydrogens (primary N) is 1. The maximum Gasteiger partial charge on any atom is 0.0346 e. The molecule has 0 spiro atoms. The Kier molecular flexibility index (Phi) is 1.64. The molecule has 0 aromatic heterocycles. The van der Waals surface area contributed by atoms with E-state index in [2.05, 4.69) is 10.2 Å². The summed E-state index contributed by atoms with van der Waals surface area (Å²) in [5, 5.41) is 3.27. The zero-order valence-electron chi connectivity index (χ0n) is 6.21. The van der Waals surface area contributed by atoms with Gasteiger partial charge in [-0.25, -0.2) is 0 Å². The molecule has 3 heteroatoms. The van der Waals surface area contributed by atoms with Crippen molar-refractivity contribution in [3.05, 3.63) is 0 Å². The standard InChI is InChI=1S/C7H15N3/c8-6-1-2-10(5-6)7-3-9-4-7/h6-7,9H,1-5,8H2/t6-/m0/s1. The second-order valence-electron chi connectivity index (χ2n) is 3.36. The van der Waals surface area contributed by atoms with Crippen LogP contribution in [0.1, 0.15) is 6.42 Å². The number of hydrogen-bond donors (Lipinski definition) is 2. The summed E-state index contributed by atoms with van der Waals surface area (Å²) in [6.07, 6.45) is 1.19. The molecule has 2 aliphatic rings. The van der Waals surface area contributed by atoms with Crippen molar-refractivity contribution in [1.82, 2.24) is 10.2 Å². The van der Waals surface area contributed by atoms with Crippen LogP contribution in [0, 0.1) is 0 Å². The molecule has 0 saturated carbocycles. The fraction of sp³-hybridized carbons (Fsp3) is 1.00. The lowest BCUT2D eigenvalue weighted by Crippen LogP contribution is -2.56. The maximum atomic E-state index is 5.78. The summed E-state index contributed by atoms with van der Waals surface area (Å²) in [6.45, 7) is 4.68. The van der Waals surface area contributed by atoms with Crippen LogP contribution in [-0.2, 0) is 0 Å². The van der Waals surface area contributed by atoms with E-state index in [0.29, 0.717) is 6.04 Å². The van der Waals surface area contributed by atoms with E-state index in [4.69, 9.17) is 5.73 Å². The van der Waals surface area contributed by atoms with E-state index in [1.54, 1.807) is 0 Å². The van der Waals surface area contributed by atoms with Gasteiger partial charge in [-0.1, -0.05) is 0 Å². The lowest BCUT2D eigenvalue weighted by atomic mass is 10.1. The van der Waals surface area contributed by atoms with Gasteiger partial charge in [0.2, 0.25) is 0 Å². The number of hydrogen-bond acceptors (Lipinski definition) is 3. The Morgan fingerprint density at radius 1 is 1.40 bits per heavy atom. The van der Waals surface area contributed by atoms with Gasteiger partial charge in [-0.3, -0.25) is 4.90 Å². The first-order chi connectivity index (χ1) is 4.86. The molecule has 2 aliphatic heterocycles. The van der Waals surface area contributed by atoms with Crippen LogP contribution < -0.4 is 11.1 Å². The van der Waals surface area contributed by atoms with Crippen molar-refractivity contribution < 1.29 is 0 Å². The molecule has 0 radical (unpaired) electrons. The van der Waals surface area contributed by atoms with Crippen LogP contribution in [-0.4, -0.2) is 43.2 Å². The van der Waals surface area contributed by atoms with Gasteiger partial charge < -0.3 is 11.1 Å². The third kappa shape index (κ3) is 1.05. The Labute approximate surface area is 61.6 Å². The molecule has 2 saturated heterocycles. The van der Waals surface area contributed by atoms with Gasteiger partial charge in [-0.2, -0.15) is 0 Å². The lowest BCUT2D eigenvalue weighted by molar-refractivity contribution is 0.178. The van der Waals surface area contributed by atoms with Crippen LogP contribution in [0.3, 0.4) is 0 Å². The third-order valence-electron chi connectivity index (χ3n) is 2.53. The second-order valence-corrected chi connectivity index (χ2v) is 3.36. The normalized spacial score (nSPS) is 36.3. The summed E-state index contributed by atoms with van der Waals surface area (Å²) in [6, 6.07) is 1.24. The van der Waals surface area contributed by atoms with Crippen molar-refractivity contribution in [2.75, 3.05) is 26.2 Å². The van der Waals surface area contributed by atoms with Crippen LogP contribution in [0.15, 0.2) is 0 Å². The van der Waals surface area contributed by atoms with Gasteiger partial charge in [0, 0.05) is 38.3 Å². The van der Waals surface area contributed by atoms with Crippen molar-refractivity contribution in [2.24, 2.45) is 5.73 Å². The molecular weight excluding hydrogens is 126 g/mol. The molecule has 0 aromatic carbocycles. The van der Waals surface area contributed by atoms with Crippen LogP contribution in [0.4, 0.5) is 0 Å². The number of nitrogens with one attached hydrogen (secondary N) is 1. The van der Waals surface area contributed by atoms with Crippen LogP contribution in [0.2, 0.25) is 0 Å². The molecule has 0 bridgehead atoms. The van der Waals surface area contributed by atoms with E-state index in [9.17, 15) is 0 Å². The molecule has 0 amide bonds. The van der Waals surface area contributed by atoms with Gasteiger partial charge in [0.1, 0.15) is 0 Å². The summed E-state index contributed by atoms with van der Waals surface area (Å²) in [5.74, 6) is 0. The fourth-order valence-corrected chi connectivity index (χ4v) is 1.68. The smallest absolute Gasteiger partial charge is 0.0346 e. The highest BCUT2D eigenvalue weighted by molar-refractivity contribution is 4.90. The molecule has 0 unspecified atom stereocenters. The molecule has 0 aromatic rings. The summed E-state index contributed by atoms with van der Waals surface area (Å²) in [7, 11) is 0. The molecule has 2 heterocycles. The predicted molar refractivity (Wildman–Crippen MR) is 40.8 cm³/mol. The Balaban J connectivity index is 1.82. The van der Waals surface area contributed by atoms with Crippen molar-refractivity contribution >= 4 is 0 Å². The molecular formula is C7H15N3. The van der Waals surface area contributed by atoms with Gasteiger partial charge in [-0.05, 0) is 6.42 Å². The molecule has 1 atom stereocenters. The maximum absolute atomic E-state index is 5.78. The highest BCUT2D eigenvalue weighted by Crippen LogP contribution is 2.13. The van der Waals surface area contributed by atoms with E-state index in [1.807, 2.05) is 0 Å². The summed E-state index contributed by atoms with van der Waals surface area (Å²) in [4.78, 5) is 2.50. The average molecular weight is 141 g/mol. The predicted octanol–water partition coefficient (Wildman–Crippen LogP) is -1.01. The average Bonchev–Trinajstić information content (AvgIpc) is 2.10. The van der Waals surface area contributed by atoms with E-state index in [-0.39, 0.29) is 0 Å². The summed E-state index contributed by atoms with van der Waals surface area (Å²) >= 11 is 0. The van der Waals surface area contributed by atoms with Gasteiger partial charge in [0.15, 0.2) is 0 Å². The first kappa shape index (κ1) is 6.58. The Bertz CT molecular complexity index is 122. The van der Waals surface area contributed by atoms with Crippen molar-refractivity contribution in [2.45, 2.75) is 18.5 Å². The minimum absolute atomic E-state index is 0.445. The molecule has 10 heavy (non-hydrogen) atoms. The molecule has 2 rings (SSSR count). The van der Waals surface area contributed by atoms with Gasteiger partial charge in [0.25, 0.3) is 0 Å². The van der Waals surface area contributed by atoms with E-state index < -0.39 is 0 Å². The third-order valence-corrected chi connectivity index (χ3v) is 2.53. The monoisotopic (exact) mass is 141 g/mol. The minimum Gasteiger partial charge on any atom is -0.326 e. The first-order valence-corrected chi connectivity index (χ1v) is 4.06.